The number of fused-ring (bicyclic) bond motifs is 2. The number of rotatable bonds is 3. The van der Waals surface area contributed by atoms with E-state index in [1.54, 1.807) is 26.0 Å². The highest BCUT2D eigenvalue weighted by molar-refractivity contribution is 7.93. The average molecular weight is 444 g/mol. The zero-order valence-corrected chi connectivity index (χ0v) is 18.5. The quantitative estimate of drug-likeness (QED) is 0.738. The highest BCUT2D eigenvalue weighted by Gasteiger charge is 2.51. The van der Waals surface area contributed by atoms with Crippen LogP contribution in [-0.2, 0) is 21.8 Å². The molecule has 2 aromatic rings. The first kappa shape index (κ1) is 21.2. The Kier molecular flexibility index (Phi) is 5.00. The molecule has 3 N–H and O–H groups in total. The van der Waals surface area contributed by atoms with E-state index in [9.17, 15) is 13.2 Å². The molecule has 2 aliphatic rings. The number of hydrogen-bond acceptors (Lipinski definition) is 8. The van der Waals surface area contributed by atoms with Crippen LogP contribution in [0.25, 0.3) is 0 Å². The average Bonchev–Trinajstić information content (AvgIpc) is 2.73. The molecule has 0 saturated heterocycles. The van der Waals surface area contributed by atoms with Gasteiger partial charge in [-0.05, 0) is 56.4 Å². The molecule has 31 heavy (non-hydrogen) atoms. The van der Waals surface area contributed by atoms with E-state index >= 15 is 0 Å². The van der Waals surface area contributed by atoms with Crippen LogP contribution in [0, 0.1) is 0 Å². The number of aryl methyl sites for hydroxylation is 1. The molecule has 1 aliphatic heterocycles. The maximum atomic E-state index is 13.0. The van der Waals surface area contributed by atoms with Crippen molar-refractivity contribution < 1.29 is 17.9 Å². The minimum absolute atomic E-state index is 0.109. The van der Waals surface area contributed by atoms with Crippen molar-refractivity contribution in [2.75, 3.05) is 18.2 Å². The number of nitrogens with one attached hydrogen (secondary N) is 1. The Hall–Kier alpha value is -3.01. The van der Waals surface area contributed by atoms with Crippen LogP contribution >= 0.6 is 0 Å². The van der Waals surface area contributed by atoms with Gasteiger partial charge in [-0.3, -0.25) is 9.79 Å². The van der Waals surface area contributed by atoms with Gasteiger partial charge < -0.3 is 15.8 Å². The molecule has 0 radical (unpaired) electrons. The van der Waals surface area contributed by atoms with Gasteiger partial charge in [0.05, 0.1) is 25.3 Å². The molecule has 1 aromatic heterocycles. The number of amides is 1. The first-order valence-corrected chi connectivity index (χ1v) is 11.6. The van der Waals surface area contributed by atoms with Crippen molar-refractivity contribution >= 4 is 27.3 Å². The van der Waals surface area contributed by atoms with Crippen LogP contribution in [0.3, 0.4) is 0 Å². The van der Waals surface area contributed by atoms with Crippen molar-refractivity contribution in [2.24, 2.45) is 10.7 Å². The maximum Gasteiger partial charge on any atom is 0.275 e. The molecule has 1 unspecified atom stereocenters. The SMILES string of the molecule is COc1cnc(C(=O)Nc2ccc3c(c2)C2(CCC3)CS(=O)(=O)C(C)(C)C(N)=N2)cn1. The molecule has 0 fully saturated rings. The van der Waals surface area contributed by atoms with Gasteiger partial charge in [-0.2, -0.15) is 0 Å². The van der Waals surface area contributed by atoms with E-state index in [4.69, 9.17) is 15.5 Å². The number of carbonyl (C=O) groups is 1. The highest BCUT2D eigenvalue weighted by Crippen LogP contribution is 2.45. The van der Waals surface area contributed by atoms with Crippen molar-refractivity contribution in [2.45, 2.75) is 43.4 Å². The van der Waals surface area contributed by atoms with Gasteiger partial charge in [0.25, 0.3) is 5.91 Å². The number of carbonyl (C=O) groups excluding carboxylic acids is 1. The van der Waals surface area contributed by atoms with Crippen LogP contribution in [0.15, 0.2) is 35.6 Å². The summed E-state index contributed by atoms with van der Waals surface area (Å²) >= 11 is 0. The van der Waals surface area contributed by atoms with E-state index < -0.39 is 26.0 Å². The molecule has 1 amide bonds. The summed E-state index contributed by atoms with van der Waals surface area (Å²) in [6, 6.07) is 5.50. The second kappa shape index (κ2) is 7.30. The molecule has 4 rings (SSSR count). The number of benzene rings is 1. The summed E-state index contributed by atoms with van der Waals surface area (Å²) in [6.07, 6.45) is 4.90. The van der Waals surface area contributed by atoms with Gasteiger partial charge in [0.15, 0.2) is 9.84 Å². The van der Waals surface area contributed by atoms with Gasteiger partial charge >= 0.3 is 0 Å². The molecular formula is C21H25N5O4S. The fourth-order valence-electron chi connectivity index (χ4n) is 4.06. The van der Waals surface area contributed by atoms with Crippen LogP contribution in [0.2, 0.25) is 0 Å². The lowest BCUT2D eigenvalue weighted by atomic mass is 9.77. The van der Waals surface area contributed by atoms with Crippen LogP contribution in [0.4, 0.5) is 5.69 Å². The van der Waals surface area contributed by atoms with Crippen molar-refractivity contribution in [3.05, 3.63) is 47.4 Å². The fraction of sp³-hybridized carbons (Fsp3) is 0.429. The number of methoxy groups -OCH3 is 1. The lowest BCUT2D eigenvalue weighted by Crippen LogP contribution is -2.56. The maximum absolute atomic E-state index is 13.0. The Morgan fingerprint density at radius 2 is 2.00 bits per heavy atom. The summed E-state index contributed by atoms with van der Waals surface area (Å²) in [7, 11) is -2.05. The lowest BCUT2D eigenvalue weighted by molar-refractivity contribution is 0.102. The number of sulfone groups is 1. The number of nitrogens with zero attached hydrogens (tertiary/aromatic N) is 3. The Morgan fingerprint density at radius 1 is 1.23 bits per heavy atom. The van der Waals surface area contributed by atoms with E-state index in [0.717, 1.165) is 24.0 Å². The molecule has 1 atom stereocenters. The second-order valence-corrected chi connectivity index (χ2v) is 11.0. The number of nitrogens with two attached hydrogens (primary N) is 1. The third-order valence-electron chi connectivity index (χ3n) is 6.13. The zero-order chi connectivity index (χ0) is 22.4. The summed E-state index contributed by atoms with van der Waals surface area (Å²) in [6.45, 7) is 3.18. The predicted molar refractivity (Wildman–Crippen MR) is 117 cm³/mol. The molecule has 164 valence electrons. The number of hydrogen-bond donors (Lipinski definition) is 2. The standard InChI is InChI=1S/C21H25N5O4S/c1-20(2)19(22)26-21(12-31(20,28)29)8-4-5-13-6-7-14(9-15(13)21)25-18(27)16-10-24-17(30-3)11-23-16/h6-7,9-11H,4-5,8,12H2,1-3H3,(H2,22,26)(H,25,27). The van der Waals surface area contributed by atoms with Crippen LogP contribution in [0.5, 0.6) is 5.88 Å². The number of amidine groups is 1. The Labute approximate surface area is 181 Å². The van der Waals surface area contributed by atoms with Gasteiger partial charge in [-0.1, -0.05) is 6.07 Å². The fourth-order valence-corrected chi connectivity index (χ4v) is 5.78. The van der Waals surface area contributed by atoms with E-state index in [0.29, 0.717) is 18.0 Å². The third kappa shape index (κ3) is 3.54. The summed E-state index contributed by atoms with van der Waals surface area (Å²) < 4.78 is 29.8. The number of anilines is 1. The van der Waals surface area contributed by atoms with Crippen molar-refractivity contribution in [3.8, 4) is 5.88 Å². The molecule has 0 bridgehead atoms. The molecular weight excluding hydrogens is 418 g/mol. The minimum atomic E-state index is -3.52. The Bertz CT molecular complexity index is 1170. The van der Waals surface area contributed by atoms with E-state index in [1.807, 2.05) is 6.07 Å². The summed E-state index contributed by atoms with van der Waals surface area (Å²) in [5, 5.41) is 2.80. The normalized spacial score (nSPS) is 23.5. The van der Waals surface area contributed by atoms with Crippen molar-refractivity contribution in [3.63, 3.8) is 0 Å². The number of ether oxygens (including phenoxy) is 1. The number of aromatic nitrogens is 2. The summed E-state index contributed by atoms with van der Waals surface area (Å²) in [4.78, 5) is 25.4. The van der Waals surface area contributed by atoms with E-state index in [1.165, 1.54) is 19.5 Å². The second-order valence-electron chi connectivity index (χ2n) is 8.42. The summed E-state index contributed by atoms with van der Waals surface area (Å²) in [5.41, 5.74) is 7.68. The Morgan fingerprint density at radius 3 is 2.65 bits per heavy atom. The van der Waals surface area contributed by atoms with Gasteiger partial charge in [0.2, 0.25) is 5.88 Å². The topological polar surface area (TPSA) is 137 Å². The van der Waals surface area contributed by atoms with Gasteiger partial charge in [-0.25, -0.2) is 18.4 Å². The van der Waals surface area contributed by atoms with Gasteiger partial charge in [0.1, 0.15) is 21.8 Å². The molecule has 1 aromatic carbocycles. The van der Waals surface area contributed by atoms with Crippen molar-refractivity contribution in [1.82, 2.24) is 9.97 Å². The molecule has 9 nitrogen and oxygen atoms in total. The monoisotopic (exact) mass is 443 g/mol. The molecule has 10 heteroatoms. The van der Waals surface area contributed by atoms with Crippen LogP contribution in [-0.4, -0.2) is 47.7 Å². The Balaban J connectivity index is 1.70. The lowest BCUT2D eigenvalue weighted by Gasteiger charge is -2.43. The van der Waals surface area contributed by atoms with Crippen LogP contribution in [0.1, 0.15) is 48.3 Å². The predicted octanol–water partition coefficient (Wildman–Crippen LogP) is 1.83. The largest absolute Gasteiger partial charge is 0.480 e. The third-order valence-corrected chi connectivity index (χ3v) is 8.75. The van der Waals surface area contributed by atoms with E-state index in [2.05, 4.69) is 15.3 Å². The smallest absolute Gasteiger partial charge is 0.275 e. The number of aliphatic imine (C=N–C) groups is 1. The molecule has 2 heterocycles. The van der Waals surface area contributed by atoms with Crippen LogP contribution < -0.4 is 15.8 Å². The first-order valence-electron chi connectivity index (χ1n) is 9.97. The zero-order valence-electron chi connectivity index (χ0n) is 17.7. The summed E-state index contributed by atoms with van der Waals surface area (Å²) in [5.74, 6) is -0.110. The molecule has 1 aliphatic carbocycles. The van der Waals surface area contributed by atoms with E-state index in [-0.39, 0.29) is 17.3 Å². The van der Waals surface area contributed by atoms with Gasteiger partial charge in [0, 0.05) is 5.69 Å². The highest BCUT2D eigenvalue weighted by atomic mass is 32.2. The first-order chi connectivity index (χ1) is 14.6. The minimum Gasteiger partial charge on any atom is -0.480 e. The molecule has 1 spiro atoms. The molecule has 0 saturated carbocycles. The van der Waals surface area contributed by atoms with Crippen molar-refractivity contribution in [1.29, 1.82) is 0 Å². The van der Waals surface area contributed by atoms with Gasteiger partial charge in [-0.15, -0.1) is 0 Å².